The molecule has 0 atom stereocenters. The number of piperazine rings is 1. The topological polar surface area (TPSA) is 56.3 Å². The summed E-state index contributed by atoms with van der Waals surface area (Å²) >= 11 is 0. The monoisotopic (exact) mass is 462 g/mol. The van der Waals surface area contributed by atoms with Crippen LogP contribution in [0.3, 0.4) is 0 Å². The van der Waals surface area contributed by atoms with Crippen LogP contribution in [0.15, 0.2) is 48.5 Å². The van der Waals surface area contributed by atoms with Gasteiger partial charge in [0.2, 0.25) is 5.91 Å². The number of anilines is 2. The summed E-state index contributed by atoms with van der Waals surface area (Å²) in [6, 6.07) is 12.2. The van der Waals surface area contributed by atoms with Crippen LogP contribution >= 0.6 is 0 Å². The molecule has 0 radical (unpaired) electrons. The molecule has 2 saturated heterocycles. The highest BCUT2D eigenvalue weighted by molar-refractivity contribution is 5.97. The molecule has 7 nitrogen and oxygen atoms in total. The highest BCUT2D eigenvalue weighted by Gasteiger charge is 2.34. The van der Waals surface area contributed by atoms with Gasteiger partial charge in [0.15, 0.2) is 0 Å². The summed E-state index contributed by atoms with van der Waals surface area (Å²) in [5.41, 5.74) is 0.458. The van der Waals surface area contributed by atoms with Crippen molar-refractivity contribution >= 4 is 23.3 Å². The van der Waals surface area contributed by atoms with Crippen LogP contribution in [-0.4, -0.2) is 74.7 Å². The average Bonchev–Trinajstić information content (AvgIpc) is 3.18. The first kappa shape index (κ1) is 22.8. The van der Waals surface area contributed by atoms with Crippen molar-refractivity contribution in [3.63, 3.8) is 0 Å². The van der Waals surface area contributed by atoms with E-state index in [-0.39, 0.29) is 18.5 Å². The van der Waals surface area contributed by atoms with Crippen LogP contribution in [0.25, 0.3) is 0 Å². The second-order valence-electron chi connectivity index (χ2n) is 7.94. The van der Waals surface area contributed by atoms with E-state index < -0.39 is 11.7 Å². The van der Waals surface area contributed by atoms with Gasteiger partial charge < -0.3 is 19.4 Å². The van der Waals surface area contributed by atoms with Gasteiger partial charge in [-0.25, -0.2) is 4.79 Å². The number of methoxy groups -OCH3 is 1. The molecule has 2 aliphatic heterocycles. The number of hydrogen-bond acceptors (Lipinski definition) is 4. The Kier molecular flexibility index (Phi) is 6.35. The van der Waals surface area contributed by atoms with Crippen LogP contribution in [0.2, 0.25) is 0 Å². The molecule has 0 spiro atoms. The molecule has 0 aliphatic carbocycles. The van der Waals surface area contributed by atoms with E-state index in [1.54, 1.807) is 35.1 Å². The Morgan fingerprint density at radius 1 is 0.970 bits per heavy atom. The lowest BCUT2D eigenvalue weighted by Gasteiger charge is -2.37. The zero-order chi connectivity index (χ0) is 23.6. The fourth-order valence-corrected chi connectivity index (χ4v) is 4.16. The van der Waals surface area contributed by atoms with Crippen molar-refractivity contribution in [3.8, 4) is 5.75 Å². The molecular formula is C23H25F3N4O3. The Labute approximate surface area is 189 Å². The van der Waals surface area contributed by atoms with Crippen LogP contribution in [0, 0.1) is 0 Å². The number of rotatable bonds is 5. The Morgan fingerprint density at radius 3 is 2.39 bits per heavy atom. The Balaban J connectivity index is 1.33. The van der Waals surface area contributed by atoms with Gasteiger partial charge in [-0.1, -0.05) is 18.2 Å². The first-order valence-corrected chi connectivity index (χ1v) is 10.7. The van der Waals surface area contributed by atoms with E-state index in [2.05, 4.69) is 0 Å². The summed E-state index contributed by atoms with van der Waals surface area (Å²) in [5.74, 6) is 0.415. The molecule has 3 amide bonds. The van der Waals surface area contributed by atoms with Crippen molar-refractivity contribution in [3.05, 3.63) is 54.1 Å². The van der Waals surface area contributed by atoms with Gasteiger partial charge in [-0.15, -0.1) is 0 Å². The molecule has 0 saturated carbocycles. The SMILES string of the molecule is COc1ccccc1N1CCN(CC(=O)N2CCN(c3cccc(C(F)(F)F)c3)CC2)C1=O. The minimum Gasteiger partial charge on any atom is -0.495 e. The summed E-state index contributed by atoms with van der Waals surface area (Å²) < 4.78 is 44.3. The minimum absolute atomic E-state index is 0.0337. The molecule has 0 aromatic heterocycles. The van der Waals surface area contributed by atoms with Crippen LogP contribution in [-0.2, 0) is 11.0 Å². The Bertz CT molecular complexity index is 1020. The molecule has 0 unspecified atom stereocenters. The van der Waals surface area contributed by atoms with Crippen molar-refractivity contribution < 1.29 is 27.5 Å². The highest BCUT2D eigenvalue weighted by Crippen LogP contribution is 2.32. The molecule has 0 bridgehead atoms. The van der Waals surface area contributed by atoms with Gasteiger partial charge >= 0.3 is 12.2 Å². The number of halogens is 3. The van der Waals surface area contributed by atoms with Gasteiger partial charge in [-0.2, -0.15) is 13.2 Å². The highest BCUT2D eigenvalue weighted by atomic mass is 19.4. The maximum atomic E-state index is 13.0. The molecule has 33 heavy (non-hydrogen) atoms. The summed E-state index contributed by atoms with van der Waals surface area (Å²) in [6.07, 6.45) is -4.40. The minimum atomic E-state index is -4.40. The molecule has 10 heteroatoms. The largest absolute Gasteiger partial charge is 0.495 e. The van der Waals surface area contributed by atoms with Gasteiger partial charge in [0.1, 0.15) is 12.3 Å². The quantitative estimate of drug-likeness (QED) is 0.684. The lowest BCUT2D eigenvalue weighted by Crippen LogP contribution is -2.51. The standard InChI is InChI=1S/C23H25F3N4O3/c1-33-20-8-3-2-7-19(20)30-14-13-29(22(30)32)16-21(31)28-11-9-27(10-12-28)18-6-4-5-17(15-18)23(24,25)26/h2-8,15H,9-14,16H2,1H3. The second kappa shape index (κ2) is 9.21. The summed E-state index contributed by atoms with van der Waals surface area (Å²) in [5, 5.41) is 0. The van der Waals surface area contributed by atoms with Crippen molar-refractivity contribution in [2.45, 2.75) is 6.18 Å². The molecule has 2 aliphatic rings. The first-order chi connectivity index (χ1) is 15.8. The average molecular weight is 462 g/mol. The number of ether oxygens (including phenoxy) is 1. The maximum absolute atomic E-state index is 13.0. The van der Waals surface area contributed by atoms with E-state index in [0.29, 0.717) is 56.4 Å². The summed E-state index contributed by atoms with van der Waals surface area (Å²) in [4.78, 5) is 32.3. The van der Waals surface area contributed by atoms with E-state index in [0.717, 1.165) is 12.1 Å². The zero-order valence-corrected chi connectivity index (χ0v) is 18.2. The van der Waals surface area contributed by atoms with Crippen molar-refractivity contribution in [1.29, 1.82) is 0 Å². The predicted molar refractivity (Wildman–Crippen MR) is 118 cm³/mol. The first-order valence-electron chi connectivity index (χ1n) is 10.7. The van der Waals surface area contributed by atoms with E-state index >= 15 is 0 Å². The molecule has 0 N–H and O–H groups in total. The van der Waals surface area contributed by atoms with Gasteiger partial charge in [0.25, 0.3) is 0 Å². The third kappa shape index (κ3) is 4.84. The third-order valence-electron chi connectivity index (χ3n) is 5.97. The smallest absolute Gasteiger partial charge is 0.416 e. The number of para-hydroxylation sites is 2. The fourth-order valence-electron chi connectivity index (χ4n) is 4.16. The van der Waals surface area contributed by atoms with E-state index in [4.69, 9.17) is 4.74 Å². The van der Waals surface area contributed by atoms with Crippen LogP contribution in [0.5, 0.6) is 5.75 Å². The van der Waals surface area contributed by atoms with Crippen molar-refractivity contribution in [2.75, 3.05) is 62.7 Å². The molecular weight excluding hydrogens is 437 g/mol. The number of urea groups is 1. The number of nitrogens with zero attached hydrogens (tertiary/aromatic N) is 4. The van der Waals surface area contributed by atoms with Gasteiger partial charge in [0.05, 0.1) is 18.4 Å². The van der Waals surface area contributed by atoms with Crippen LogP contribution in [0.4, 0.5) is 29.3 Å². The van der Waals surface area contributed by atoms with Crippen LogP contribution < -0.4 is 14.5 Å². The molecule has 2 heterocycles. The third-order valence-corrected chi connectivity index (χ3v) is 5.97. The summed E-state index contributed by atoms with van der Waals surface area (Å²) in [6.45, 7) is 2.46. The fraction of sp³-hybridized carbons (Fsp3) is 0.391. The van der Waals surface area contributed by atoms with Gasteiger partial charge in [-0.05, 0) is 30.3 Å². The lowest BCUT2D eigenvalue weighted by molar-refractivity contribution is -0.137. The molecule has 2 fully saturated rings. The van der Waals surface area contributed by atoms with Crippen LogP contribution in [0.1, 0.15) is 5.56 Å². The number of carbonyl (C=O) groups is 2. The Morgan fingerprint density at radius 2 is 1.70 bits per heavy atom. The normalized spacial score (nSPS) is 17.0. The Hall–Kier alpha value is -3.43. The molecule has 2 aromatic rings. The number of hydrogen-bond donors (Lipinski definition) is 0. The second-order valence-corrected chi connectivity index (χ2v) is 7.94. The maximum Gasteiger partial charge on any atom is 0.416 e. The summed E-state index contributed by atoms with van der Waals surface area (Å²) in [7, 11) is 1.54. The number of carbonyl (C=O) groups excluding carboxylic acids is 2. The lowest BCUT2D eigenvalue weighted by atomic mass is 10.1. The van der Waals surface area contributed by atoms with E-state index in [9.17, 15) is 22.8 Å². The molecule has 2 aromatic carbocycles. The van der Waals surface area contributed by atoms with Crippen molar-refractivity contribution in [1.82, 2.24) is 9.80 Å². The number of benzene rings is 2. The predicted octanol–water partition coefficient (Wildman–Crippen LogP) is 3.30. The molecule has 4 rings (SSSR count). The van der Waals surface area contributed by atoms with Gasteiger partial charge in [-0.3, -0.25) is 9.69 Å². The van der Waals surface area contributed by atoms with E-state index in [1.807, 2.05) is 17.0 Å². The van der Waals surface area contributed by atoms with Crippen molar-refractivity contribution in [2.24, 2.45) is 0 Å². The van der Waals surface area contributed by atoms with Gasteiger partial charge in [0, 0.05) is 45.0 Å². The molecule has 176 valence electrons. The number of alkyl halides is 3. The number of amides is 3. The van der Waals surface area contributed by atoms with E-state index in [1.165, 1.54) is 11.0 Å². The zero-order valence-electron chi connectivity index (χ0n) is 18.2.